The second-order valence-corrected chi connectivity index (χ2v) is 14.6. The van der Waals surface area contributed by atoms with E-state index in [1.165, 1.54) is 5.56 Å². The first-order valence-electron chi connectivity index (χ1n) is 20.2. The van der Waals surface area contributed by atoms with Crippen molar-refractivity contribution in [2.75, 3.05) is 18.0 Å². The Morgan fingerprint density at radius 2 is 1.00 bits per heavy atom. The summed E-state index contributed by atoms with van der Waals surface area (Å²) in [6.07, 6.45) is 20.2. The van der Waals surface area contributed by atoms with Crippen LogP contribution < -0.4 is 17.2 Å². The van der Waals surface area contributed by atoms with Crippen molar-refractivity contribution in [1.29, 1.82) is 0 Å². The fourth-order valence-corrected chi connectivity index (χ4v) is 6.99. The quantitative estimate of drug-likeness (QED) is 0.0993. The fourth-order valence-electron chi connectivity index (χ4n) is 6.99. The van der Waals surface area contributed by atoms with Crippen molar-refractivity contribution >= 4 is 23.2 Å². The predicted octanol–water partition coefficient (Wildman–Crippen LogP) is 6.53. The van der Waals surface area contributed by atoms with Crippen molar-refractivity contribution in [2.45, 2.75) is 52.9 Å². The molecule has 8 rings (SSSR count). The van der Waals surface area contributed by atoms with Crippen LogP contribution in [0.25, 0.3) is 33.9 Å². The number of carbonyl (C=O) groups is 2. The number of ketones is 2. The van der Waals surface area contributed by atoms with Gasteiger partial charge < -0.3 is 26.3 Å². The molecule has 0 saturated heterocycles. The van der Waals surface area contributed by atoms with Crippen LogP contribution in [-0.2, 0) is 25.7 Å². The maximum Gasteiger partial charge on any atom is 0.189 e. The van der Waals surface area contributed by atoms with E-state index in [0.29, 0.717) is 17.9 Å². The van der Waals surface area contributed by atoms with Crippen molar-refractivity contribution < 1.29 is 9.59 Å². The monoisotopic (exact) mass is 825 g/mol. The molecule has 0 aliphatic heterocycles. The molecule has 15 nitrogen and oxygen atoms in total. The second kappa shape index (κ2) is 19.5. The lowest BCUT2D eigenvalue weighted by molar-refractivity contribution is 0.0980. The highest BCUT2D eigenvalue weighted by Crippen LogP contribution is 2.24. The lowest BCUT2D eigenvalue weighted by Gasteiger charge is -2.11. The minimum Gasteiger partial charge on any atom is -0.382 e. The van der Waals surface area contributed by atoms with Gasteiger partial charge in [0.25, 0.3) is 0 Å². The Bertz CT molecular complexity index is 2620. The van der Waals surface area contributed by atoms with Crippen molar-refractivity contribution in [3.05, 3.63) is 168 Å². The molecule has 0 bridgehead atoms. The van der Waals surface area contributed by atoms with Crippen LogP contribution in [0.3, 0.4) is 0 Å². The number of benzene rings is 2. The number of nitrogens with two attached hydrogens (primary N) is 3. The van der Waals surface area contributed by atoms with E-state index in [4.69, 9.17) is 17.2 Å². The predicted molar refractivity (Wildman–Crippen MR) is 239 cm³/mol. The SMILES string of the molecule is CCCc1ccc(-c2cnc(N)c(C(=O)Cc3cnccc3-n3ccnc3C)n2)cc1.Cc1nccn1-c1ccncc1CC(=O)c1nc(-c2ccc(CCN)cc2)cnc1N. The van der Waals surface area contributed by atoms with E-state index in [9.17, 15) is 9.59 Å². The first kappa shape index (κ1) is 42.3. The normalized spacial score (nSPS) is 10.9. The molecule has 62 heavy (non-hydrogen) atoms. The maximum absolute atomic E-state index is 13.1. The zero-order valence-corrected chi connectivity index (χ0v) is 34.8. The molecule has 0 aliphatic rings. The molecule has 312 valence electrons. The number of aromatic nitrogens is 10. The Labute approximate surface area is 359 Å². The maximum atomic E-state index is 13.1. The number of anilines is 2. The molecule has 6 N–H and O–H groups in total. The van der Waals surface area contributed by atoms with Crippen LogP contribution >= 0.6 is 0 Å². The number of carbonyl (C=O) groups excluding carboxylic acids is 2. The standard InChI is InChI=1S/C24H24N6O.C23H23N7O/c1-3-4-17-5-7-18(8-6-17)20-15-28-24(25)23(29-20)22(31)13-19-14-26-10-9-21(19)30-12-11-27-16(30)2;1-15-27-10-11-30(15)20-7-9-26-13-18(20)12-21(31)22-23(25)28-14-19(29-22)17-4-2-16(3-5-17)6-8-24/h5-12,14-15H,3-4,13H2,1-2H3,(H2,25,28);2-5,7,9-11,13-14H,6,8,12,24H2,1H3,(H2,25,28). The van der Waals surface area contributed by atoms with E-state index in [-0.39, 0.29) is 47.4 Å². The van der Waals surface area contributed by atoms with Crippen LogP contribution in [0.1, 0.15) is 68.2 Å². The molecule has 0 spiro atoms. The lowest BCUT2D eigenvalue weighted by atomic mass is 10.0. The molecule has 6 heterocycles. The summed E-state index contributed by atoms with van der Waals surface area (Å²) in [5.74, 6) is 1.45. The summed E-state index contributed by atoms with van der Waals surface area (Å²) >= 11 is 0. The minimum absolute atomic E-state index is 0.0958. The van der Waals surface area contributed by atoms with Gasteiger partial charge in [-0.3, -0.25) is 19.6 Å². The van der Waals surface area contributed by atoms with Gasteiger partial charge in [-0.15, -0.1) is 0 Å². The van der Waals surface area contributed by atoms with Crippen molar-refractivity contribution in [2.24, 2.45) is 5.73 Å². The number of rotatable bonds is 14. The van der Waals surface area contributed by atoms with Gasteiger partial charge in [-0.05, 0) is 56.5 Å². The van der Waals surface area contributed by atoms with E-state index in [1.54, 1.807) is 49.6 Å². The summed E-state index contributed by atoms with van der Waals surface area (Å²) < 4.78 is 3.84. The zero-order valence-electron chi connectivity index (χ0n) is 34.8. The van der Waals surface area contributed by atoms with Gasteiger partial charge in [-0.1, -0.05) is 61.9 Å². The second-order valence-electron chi connectivity index (χ2n) is 14.6. The Morgan fingerprint density at radius 1 is 0.565 bits per heavy atom. The van der Waals surface area contributed by atoms with Gasteiger partial charge in [0.15, 0.2) is 23.2 Å². The smallest absolute Gasteiger partial charge is 0.189 e. The van der Waals surface area contributed by atoms with E-state index in [1.807, 2.05) is 83.9 Å². The summed E-state index contributed by atoms with van der Waals surface area (Å²) in [5.41, 5.74) is 26.6. The Morgan fingerprint density at radius 3 is 1.39 bits per heavy atom. The third kappa shape index (κ3) is 9.80. The molecule has 0 unspecified atom stereocenters. The summed E-state index contributed by atoms with van der Waals surface area (Å²) in [6.45, 7) is 6.55. The molecule has 0 radical (unpaired) electrons. The van der Waals surface area contributed by atoms with E-state index in [2.05, 4.69) is 58.9 Å². The van der Waals surface area contributed by atoms with Gasteiger partial charge >= 0.3 is 0 Å². The molecular formula is C47H47N13O2. The average molecular weight is 826 g/mol. The molecule has 0 amide bonds. The Hall–Kier alpha value is -7.78. The summed E-state index contributed by atoms with van der Waals surface area (Å²) in [5, 5.41) is 0. The topological polar surface area (TPSA) is 225 Å². The van der Waals surface area contributed by atoms with E-state index in [0.717, 1.165) is 70.1 Å². The highest BCUT2D eigenvalue weighted by molar-refractivity contribution is 6.01. The molecule has 0 atom stereocenters. The average Bonchev–Trinajstić information content (AvgIpc) is 3.92. The molecule has 8 aromatic rings. The van der Waals surface area contributed by atoms with Crippen molar-refractivity contribution in [3.63, 3.8) is 0 Å². The first-order valence-corrected chi connectivity index (χ1v) is 20.2. The number of Topliss-reactive ketones (excluding diaryl/α,β-unsaturated/α-hetero) is 2. The van der Waals surface area contributed by atoms with Gasteiger partial charge in [0, 0.05) is 84.7 Å². The summed E-state index contributed by atoms with van der Waals surface area (Å²) in [7, 11) is 0. The van der Waals surface area contributed by atoms with Crippen molar-refractivity contribution in [3.8, 4) is 33.9 Å². The molecule has 0 saturated carbocycles. The first-order chi connectivity index (χ1) is 30.1. The lowest BCUT2D eigenvalue weighted by Crippen LogP contribution is -2.13. The van der Waals surface area contributed by atoms with E-state index < -0.39 is 0 Å². The Balaban J connectivity index is 0.000000186. The van der Waals surface area contributed by atoms with Gasteiger partial charge in [-0.25, -0.2) is 29.9 Å². The number of nitrogen functional groups attached to an aromatic ring is 2. The summed E-state index contributed by atoms with van der Waals surface area (Å²) in [4.78, 5) is 60.6. The molecular weight excluding hydrogens is 779 g/mol. The number of nitrogens with zero attached hydrogens (tertiary/aromatic N) is 10. The molecule has 15 heteroatoms. The number of hydrogen-bond acceptors (Lipinski definition) is 13. The number of pyridine rings is 2. The van der Waals surface area contributed by atoms with Gasteiger partial charge in [0.05, 0.1) is 35.2 Å². The molecule has 6 aromatic heterocycles. The molecule has 0 aliphatic carbocycles. The minimum atomic E-state index is -0.223. The third-order valence-corrected chi connectivity index (χ3v) is 10.2. The van der Waals surface area contributed by atoms with Crippen LogP contribution in [0.4, 0.5) is 11.6 Å². The molecule has 0 fully saturated rings. The largest absolute Gasteiger partial charge is 0.382 e. The fraction of sp³-hybridized carbons (Fsp3) is 0.191. The van der Waals surface area contributed by atoms with Crippen LogP contribution in [-0.4, -0.2) is 67.1 Å². The van der Waals surface area contributed by atoms with Crippen molar-refractivity contribution in [1.82, 2.24) is 49.0 Å². The van der Waals surface area contributed by atoms with Gasteiger partial charge in [0.1, 0.15) is 23.0 Å². The van der Waals surface area contributed by atoms with E-state index >= 15 is 0 Å². The van der Waals surface area contributed by atoms with Crippen LogP contribution in [0.2, 0.25) is 0 Å². The van der Waals surface area contributed by atoms with Gasteiger partial charge in [-0.2, -0.15) is 0 Å². The number of aryl methyl sites for hydroxylation is 3. The highest BCUT2D eigenvalue weighted by Gasteiger charge is 2.20. The Kier molecular flexibility index (Phi) is 13.3. The molecule has 2 aromatic carbocycles. The van der Waals surface area contributed by atoms with Gasteiger partial charge in [0.2, 0.25) is 0 Å². The third-order valence-electron chi connectivity index (χ3n) is 10.2. The number of imidazole rings is 2. The van der Waals surface area contributed by atoms with Crippen LogP contribution in [0, 0.1) is 13.8 Å². The zero-order chi connectivity index (χ0) is 43.6. The van der Waals surface area contributed by atoms with Crippen LogP contribution in [0.5, 0.6) is 0 Å². The van der Waals surface area contributed by atoms with Crippen LogP contribution in [0.15, 0.2) is 123 Å². The highest BCUT2D eigenvalue weighted by atomic mass is 16.1. The number of hydrogen-bond donors (Lipinski definition) is 3. The summed E-state index contributed by atoms with van der Waals surface area (Å²) in [6, 6.07) is 19.8.